The smallest absolute Gasteiger partial charge is 0.306 e. The van der Waals surface area contributed by atoms with Crippen LogP contribution in [0, 0.1) is 28.8 Å². The normalized spacial score (nSPS) is 12.0. The first-order chi connectivity index (χ1) is 10.4. The van der Waals surface area contributed by atoms with Crippen molar-refractivity contribution in [2.75, 3.05) is 5.32 Å². The summed E-state index contributed by atoms with van der Waals surface area (Å²) in [5, 5.41) is 17.1. The molecular formula is C14H15FN4O3. The Morgan fingerprint density at radius 3 is 2.86 bits per heavy atom. The molecule has 8 heteroatoms. The van der Waals surface area contributed by atoms with Crippen molar-refractivity contribution in [3.05, 3.63) is 52.1 Å². The maximum absolute atomic E-state index is 13.0. The van der Waals surface area contributed by atoms with Crippen molar-refractivity contribution in [3.8, 4) is 0 Å². The number of rotatable bonds is 5. The van der Waals surface area contributed by atoms with Crippen LogP contribution in [0.15, 0.2) is 30.6 Å². The lowest BCUT2D eigenvalue weighted by molar-refractivity contribution is -0.385. The van der Waals surface area contributed by atoms with Crippen LogP contribution in [0.5, 0.6) is 0 Å². The van der Waals surface area contributed by atoms with Crippen molar-refractivity contribution < 1.29 is 14.1 Å². The molecular weight excluding hydrogens is 291 g/mol. The number of carbonyl (C=O) groups is 1. The molecule has 0 bridgehead atoms. The van der Waals surface area contributed by atoms with Gasteiger partial charge in [0.1, 0.15) is 18.2 Å². The Bertz CT molecular complexity index is 714. The molecule has 7 nitrogen and oxygen atoms in total. The maximum Gasteiger partial charge on any atom is 0.306 e. The van der Waals surface area contributed by atoms with Gasteiger partial charge in [0.05, 0.1) is 17.4 Å². The van der Waals surface area contributed by atoms with Gasteiger partial charge < -0.3 is 5.32 Å². The maximum atomic E-state index is 13.0. The highest BCUT2D eigenvalue weighted by Gasteiger charge is 2.17. The van der Waals surface area contributed by atoms with E-state index >= 15 is 0 Å². The Kier molecular flexibility index (Phi) is 4.50. The summed E-state index contributed by atoms with van der Waals surface area (Å²) < 4.78 is 14.4. The van der Waals surface area contributed by atoms with E-state index in [9.17, 15) is 19.3 Å². The van der Waals surface area contributed by atoms with Gasteiger partial charge in [0.2, 0.25) is 5.91 Å². The number of hydrogen-bond donors (Lipinski definition) is 1. The van der Waals surface area contributed by atoms with Crippen LogP contribution in [-0.2, 0) is 11.3 Å². The van der Waals surface area contributed by atoms with E-state index in [1.165, 1.54) is 29.1 Å². The summed E-state index contributed by atoms with van der Waals surface area (Å²) in [7, 11) is 0. The summed E-state index contributed by atoms with van der Waals surface area (Å²) in [6.45, 7) is 3.59. The van der Waals surface area contributed by atoms with Crippen LogP contribution in [0.1, 0.15) is 12.5 Å². The Balaban J connectivity index is 2.00. The van der Waals surface area contributed by atoms with Crippen LogP contribution in [0.4, 0.5) is 15.8 Å². The molecule has 1 amide bonds. The van der Waals surface area contributed by atoms with Gasteiger partial charge in [-0.2, -0.15) is 5.10 Å². The first-order valence-electron chi connectivity index (χ1n) is 6.60. The first kappa shape index (κ1) is 15.6. The van der Waals surface area contributed by atoms with Crippen molar-refractivity contribution in [1.29, 1.82) is 0 Å². The van der Waals surface area contributed by atoms with Crippen molar-refractivity contribution in [2.45, 2.75) is 20.4 Å². The molecule has 0 aliphatic carbocycles. The number of benzene rings is 1. The lowest BCUT2D eigenvalue weighted by atomic mass is 10.1. The minimum absolute atomic E-state index is 0.123. The molecule has 1 N–H and O–H groups in total. The average Bonchev–Trinajstić information content (AvgIpc) is 2.90. The van der Waals surface area contributed by atoms with E-state index in [4.69, 9.17) is 0 Å². The summed E-state index contributed by atoms with van der Waals surface area (Å²) >= 11 is 0. The zero-order valence-electron chi connectivity index (χ0n) is 12.1. The number of nitro groups is 1. The number of nitrogens with zero attached hydrogens (tertiary/aromatic N) is 3. The van der Waals surface area contributed by atoms with Gasteiger partial charge in [0.15, 0.2) is 0 Å². The molecule has 1 atom stereocenters. The van der Waals surface area contributed by atoms with Crippen molar-refractivity contribution in [3.63, 3.8) is 0 Å². The minimum atomic E-state index is -0.546. The minimum Gasteiger partial charge on any atom is -0.326 e. The largest absolute Gasteiger partial charge is 0.326 e. The molecule has 116 valence electrons. The molecule has 1 unspecified atom stereocenters. The Hall–Kier alpha value is -2.77. The van der Waals surface area contributed by atoms with Gasteiger partial charge in [-0.15, -0.1) is 0 Å². The van der Waals surface area contributed by atoms with Gasteiger partial charge in [0, 0.05) is 5.69 Å². The molecule has 0 saturated carbocycles. The highest BCUT2D eigenvalue weighted by Crippen LogP contribution is 2.17. The van der Waals surface area contributed by atoms with E-state index < -0.39 is 10.8 Å². The topological polar surface area (TPSA) is 90.1 Å². The van der Waals surface area contributed by atoms with Gasteiger partial charge >= 0.3 is 5.69 Å². The number of aryl methyl sites for hydroxylation is 1. The van der Waals surface area contributed by atoms with E-state index in [-0.39, 0.29) is 24.0 Å². The highest BCUT2D eigenvalue weighted by atomic mass is 19.1. The molecule has 22 heavy (non-hydrogen) atoms. The zero-order chi connectivity index (χ0) is 16.3. The van der Waals surface area contributed by atoms with Crippen LogP contribution in [0.25, 0.3) is 0 Å². The molecule has 0 saturated heterocycles. The third kappa shape index (κ3) is 3.66. The summed E-state index contributed by atoms with van der Waals surface area (Å²) in [6, 6.07) is 4.09. The summed E-state index contributed by atoms with van der Waals surface area (Å²) in [6.07, 6.45) is 2.40. The van der Waals surface area contributed by atoms with Gasteiger partial charge in [0.25, 0.3) is 0 Å². The summed E-state index contributed by atoms with van der Waals surface area (Å²) in [5.41, 5.74) is 1.03. The van der Waals surface area contributed by atoms with Gasteiger partial charge in [-0.05, 0) is 30.7 Å². The predicted octanol–water partition coefficient (Wildman–Crippen LogP) is 2.51. The van der Waals surface area contributed by atoms with Crippen molar-refractivity contribution >= 4 is 17.3 Å². The zero-order valence-corrected chi connectivity index (χ0v) is 12.1. The molecule has 1 aromatic heterocycles. The summed E-state index contributed by atoms with van der Waals surface area (Å²) in [4.78, 5) is 22.2. The Morgan fingerprint density at radius 2 is 2.27 bits per heavy atom. The molecule has 0 spiro atoms. The van der Waals surface area contributed by atoms with Gasteiger partial charge in [-0.3, -0.25) is 19.6 Å². The summed E-state index contributed by atoms with van der Waals surface area (Å²) in [5.74, 6) is -1.09. The fraction of sp³-hybridized carbons (Fsp3) is 0.286. The third-order valence-electron chi connectivity index (χ3n) is 3.19. The second-order valence-electron chi connectivity index (χ2n) is 5.03. The number of anilines is 1. The standard InChI is InChI=1S/C14H15FN4O3/c1-9-5-11(15)3-4-13(9)17-14(20)10(2)7-18-8-12(6-16-18)19(21)22/h3-6,8,10H,7H2,1-2H3,(H,17,20). The predicted molar refractivity (Wildman–Crippen MR) is 77.8 cm³/mol. The van der Waals surface area contributed by atoms with Gasteiger partial charge in [-0.1, -0.05) is 6.92 Å². The van der Waals surface area contributed by atoms with E-state index in [0.717, 1.165) is 6.20 Å². The molecule has 1 heterocycles. The van der Waals surface area contributed by atoms with Gasteiger partial charge in [-0.25, -0.2) is 4.39 Å². The molecule has 1 aromatic carbocycles. The van der Waals surface area contributed by atoms with Crippen LogP contribution >= 0.6 is 0 Å². The number of hydrogen-bond acceptors (Lipinski definition) is 4. The molecule has 0 radical (unpaired) electrons. The van der Waals surface area contributed by atoms with Crippen LogP contribution < -0.4 is 5.32 Å². The highest BCUT2D eigenvalue weighted by molar-refractivity contribution is 5.92. The third-order valence-corrected chi connectivity index (χ3v) is 3.19. The average molecular weight is 306 g/mol. The molecule has 0 aliphatic rings. The lowest BCUT2D eigenvalue weighted by Crippen LogP contribution is -2.25. The molecule has 0 aliphatic heterocycles. The molecule has 0 fully saturated rings. The number of carbonyl (C=O) groups excluding carboxylic acids is 1. The number of aromatic nitrogens is 2. The second-order valence-corrected chi connectivity index (χ2v) is 5.03. The molecule has 2 rings (SSSR count). The van der Waals surface area contributed by atoms with E-state index in [2.05, 4.69) is 10.4 Å². The number of nitrogens with one attached hydrogen (secondary N) is 1. The molecule has 2 aromatic rings. The Morgan fingerprint density at radius 1 is 1.55 bits per heavy atom. The quantitative estimate of drug-likeness (QED) is 0.679. The van der Waals surface area contributed by atoms with Crippen LogP contribution in [0.2, 0.25) is 0 Å². The number of halogens is 1. The van der Waals surface area contributed by atoms with E-state index in [0.29, 0.717) is 11.3 Å². The van der Waals surface area contributed by atoms with Crippen molar-refractivity contribution in [1.82, 2.24) is 9.78 Å². The number of amides is 1. The van der Waals surface area contributed by atoms with Crippen LogP contribution in [0.3, 0.4) is 0 Å². The fourth-order valence-electron chi connectivity index (χ4n) is 1.93. The van der Waals surface area contributed by atoms with E-state index in [1.807, 2.05) is 0 Å². The second kappa shape index (κ2) is 6.33. The fourth-order valence-corrected chi connectivity index (χ4v) is 1.93. The van der Waals surface area contributed by atoms with E-state index in [1.54, 1.807) is 13.8 Å². The van der Waals surface area contributed by atoms with Crippen molar-refractivity contribution in [2.24, 2.45) is 5.92 Å². The lowest BCUT2D eigenvalue weighted by Gasteiger charge is -2.13. The first-order valence-corrected chi connectivity index (χ1v) is 6.60. The SMILES string of the molecule is Cc1cc(F)ccc1NC(=O)C(C)Cn1cc([N+](=O)[O-])cn1. The Labute approximate surface area is 125 Å². The van der Waals surface area contributed by atoms with Crippen LogP contribution in [-0.4, -0.2) is 20.6 Å². The monoisotopic (exact) mass is 306 g/mol.